The minimum Gasteiger partial charge on any atom is -0.377 e. The van der Waals surface area contributed by atoms with E-state index in [1.54, 1.807) is 0 Å². The number of fused-ring (bicyclic) bond motifs is 1. The number of hydrogen-bond acceptors (Lipinski definition) is 1. The first-order valence-electron chi connectivity index (χ1n) is 7.71. The van der Waals surface area contributed by atoms with Crippen LogP contribution in [-0.2, 0) is 0 Å². The molecule has 4 rings (SSSR count). The maximum Gasteiger partial charge on any atom is 0.0542 e. The molecule has 1 aliphatic carbocycles. The highest BCUT2D eigenvalue weighted by atomic mass is 14.9. The van der Waals surface area contributed by atoms with Crippen LogP contribution in [0.1, 0.15) is 24.4 Å². The standard InChI is InChI=1S/C20H19N/c1-2-8-16(9-3-1)20(17-13-14-17)21-19-12-6-10-15-7-4-5-11-18(15)19/h1-12,17,20-21H,13-14H2. The smallest absolute Gasteiger partial charge is 0.0542 e. The van der Waals surface area contributed by atoms with E-state index < -0.39 is 0 Å². The van der Waals surface area contributed by atoms with Crippen LogP contribution in [0.5, 0.6) is 0 Å². The van der Waals surface area contributed by atoms with Gasteiger partial charge in [-0.2, -0.15) is 0 Å². The number of benzene rings is 3. The van der Waals surface area contributed by atoms with Crippen molar-refractivity contribution in [2.24, 2.45) is 5.92 Å². The molecule has 1 N–H and O–H groups in total. The first kappa shape index (κ1) is 12.5. The molecular formula is C20H19N. The maximum atomic E-state index is 3.80. The van der Waals surface area contributed by atoms with Crippen LogP contribution in [0, 0.1) is 5.92 Å². The summed E-state index contributed by atoms with van der Waals surface area (Å²) in [7, 11) is 0. The van der Waals surface area contributed by atoms with E-state index in [1.165, 1.54) is 34.9 Å². The van der Waals surface area contributed by atoms with Crippen LogP contribution < -0.4 is 5.32 Å². The second-order valence-corrected chi connectivity index (χ2v) is 5.90. The van der Waals surface area contributed by atoms with Crippen molar-refractivity contribution in [2.45, 2.75) is 18.9 Å². The third-order valence-electron chi connectivity index (χ3n) is 4.35. The van der Waals surface area contributed by atoms with E-state index in [1.807, 2.05) is 0 Å². The Morgan fingerprint density at radius 2 is 1.48 bits per heavy atom. The lowest BCUT2D eigenvalue weighted by molar-refractivity contribution is 0.680. The molecule has 1 saturated carbocycles. The highest BCUT2D eigenvalue weighted by Gasteiger charge is 2.32. The Morgan fingerprint density at radius 3 is 2.29 bits per heavy atom. The second kappa shape index (κ2) is 5.25. The van der Waals surface area contributed by atoms with Gasteiger partial charge in [-0.3, -0.25) is 0 Å². The molecule has 104 valence electrons. The van der Waals surface area contributed by atoms with Crippen molar-refractivity contribution in [3.63, 3.8) is 0 Å². The van der Waals surface area contributed by atoms with Crippen LogP contribution in [0.15, 0.2) is 72.8 Å². The molecule has 1 nitrogen and oxygen atoms in total. The zero-order valence-corrected chi connectivity index (χ0v) is 12.0. The van der Waals surface area contributed by atoms with Crippen LogP contribution in [0.3, 0.4) is 0 Å². The van der Waals surface area contributed by atoms with Gasteiger partial charge in [-0.05, 0) is 35.8 Å². The van der Waals surface area contributed by atoms with Crippen LogP contribution in [0.2, 0.25) is 0 Å². The van der Waals surface area contributed by atoms with Gasteiger partial charge in [0, 0.05) is 11.1 Å². The molecule has 0 aromatic heterocycles. The van der Waals surface area contributed by atoms with E-state index in [2.05, 4.69) is 78.1 Å². The Labute approximate surface area is 125 Å². The van der Waals surface area contributed by atoms with Crippen molar-refractivity contribution in [2.75, 3.05) is 5.32 Å². The molecule has 0 saturated heterocycles. The molecule has 21 heavy (non-hydrogen) atoms. The summed E-state index contributed by atoms with van der Waals surface area (Å²) < 4.78 is 0. The van der Waals surface area contributed by atoms with Gasteiger partial charge >= 0.3 is 0 Å². The fourth-order valence-electron chi connectivity index (χ4n) is 3.08. The fraction of sp³-hybridized carbons (Fsp3) is 0.200. The van der Waals surface area contributed by atoms with Crippen molar-refractivity contribution in [3.8, 4) is 0 Å². The largest absolute Gasteiger partial charge is 0.377 e. The van der Waals surface area contributed by atoms with Crippen molar-refractivity contribution in [1.82, 2.24) is 0 Å². The molecule has 0 spiro atoms. The SMILES string of the molecule is c1ccc(C(Nc2cccc3ccccc23)C2CC2)cc1. The van der Waals surface area contributed by atoms with Gasteiger partial charge in [0.1, 0.15) is 0 Å². The van der Waals surface area contributed by atoms with E-state index >= 15 is 0 Å². The third-order valence-corrected chi connectivity index (χ3v) is 4.35. The third kappa shape index (κ3) is 2.52. The highest BCUT2D eigenvalue weighted by Crippen LogP contribution is 2.43. The first-order valence-corrected chi connectivity index (χ1v) is 7.71. The summed E-state index contributed by atoms with van der Waals surface area (Å²) in [5.74, 6) is 0.770. The number of nitrogens with one attached hydrogen (secondary N) is 1. The lowest BCUT2D eigenvalue weighted by Crippen LogP contribution is -2.13. The van der Waals surface area contributed by atoms with E-state index in [-0.39, 0.29) is 0 Å². The average Bonchev–Trinajstić information content (AvgIpc) is 3.38. The monoisotopic (exact) mass is 273 g/mol. The van der Waals surface area contributed by atoms with Crippen LogP contribution >= 0.6 is 0 Å². The van der Waals surface area contributed by atoms with E-state index in [9.17, 15) is 0 Å². The Bertz CT molecular complexity index is 739. The molecule has 0 bridgehead atoms. The molecule has 1 atom stereocenters. The number of hydrogen-bond donors (Lipinski definition) is 1. The Hall–Kier alpha value is -2.28. The molecule has 0 amide bonds. The Kier molecular flexibility index (Phi) is 3.11. The van der Waals surface area contributed by atoms with Crippen molar-refractivity contribution < 1.29 is 0 Å². The van der Waals surface area contributed by atoms with E-state index in [4.69, 9.17) is 0 Å². The maximum absolute atomic E-state index is 3.80. The molecule has 1 aliphatic rings. The zero-order chi connectivity index (χ0) is 14.1. The number of anilines is 1. The van der Waals surface area contributed by atoms with Gasteiger partial charge in [-0.25, -0.2) is 0 Å². The van der Waals surface area contributed by atoms with Gasteiger partial charge in [-0.15, -0.1) is 0 Å². The summed E-state index contributed by atoms with van der Waals surface area (Å²) >= 11 is 0. The van der Waals surface area contributed by atoms with E-state index in [0.717, 1.165) is 5.92 Å². The predicted molar refractivity (Wildman–Crippen MR) is 89.5 cm³/mol. The summed E-state index contributed by atoms with van der Waals surface area (Å²) in [6.07, 6.45) is 2.66. The Balaban J connectivity index is 1.72. The normalized spacial score (nSPS) is 15.8. The number of rotatable bonds is 4. The zero-order valence-electron chi connectivity index (χ0n) is 12.0. The van der Waals surface area contributed by atoms with Gasteiger partial charge < -0.3 is 5.32 Å². The van der Waals surface area contributed by atoms with Crippen molar-refractivity contribution >= 4 is 16.5 Å². The summed E-state index contributed by atoms with van der Waals surface area (Å²) in [6.45, 7) is 0. The molecule has 3 aromatic carbocycles. The molecule has 1 unspecified atom stereocenters. The molecule has 3 aromatic rings. The van der Waals surface area contributed by atoms with Crippen LogP contribution in [-0.4, -0.2) is 0 Å². The first-order chi connectivity index (χ1) is 10.4. The van der Waals surface area contributed by atoms with Crippen LogP contribution in [0.25, 0.3) is 10.8 Å². The molecule has 1 fully saturated rings. The highest BCUT2D eigenvalue weighted by molar-refractivity contribution is 5.93. The lowest BCUT2D eigenvalue weighted by atomic mass is 10.0. The summed E-state index contributed by atoms with van der Waals surface area (Å²) in [5.41, 5.74) is 2.64. The van der Waals surface area contributed by atoms with Gasteiger partial charge in [0.2, 0.25) is 0 Å². The minimum atomic E-state index is 0.428. The minimum absolute atomic E-state index is 0.428. The van der Waals surface area contributed by atoms with Gasteiger partial charge in [0.25, 0.3) is 0 Å². The topological polar surface area (TPSA) is 12.0 Å². The van der Waals surface area contributed by atoms with Gasteiger partial charge in [0.15, 0.2) is 0 Å². The molecule has 1 heteroatoms. The van der Waals surface area contributed by atoms with Crippen LogP contribution in [0.4, 0.5) is 5.69 Å². The molecular weight excluding hydrogens is 254 g/mol. The summed E-state index contributed by atoms with van der Waals surface area (Å²) in [6, 6.07) is 26.4. The summed E-state index contributed by atoms with van der Waals surface area (Å²) in [5, 5.41) is 6.40. The fourth-order valence-corrected chi connectivity index (χ4v) is 3.08. The quantitative estimate of drug-likeness (QED) is 0.670. The lowest BCUT2D eigenvalue weighted by Gasteiger charge is -2.21. The molecule has 0 radical (unpaired) electrons. The molecule has 0 aliphatic heterocycles. The molecule has 0 heterocycles. The second-order valence-electron chi connectivity index (χ2n) is 5.90. The Morgan fingerprint density at radius 1 is 0.762 bits per heavy atom. The van der Waals surface area contributed by atoms with Crippen molar-refractivity contribution in [1.29, 1.82) is 0 Å². The van der Waals surface area contributed by atoms with Crippen molar-refractivity contribution in [3.05, 3.63) is 78.4 Å². The van der Waals surface area contributed by atoms with E-state index in [0.29, 0.717) is 6.04 Å². The van der Waals surface area contributed by atoms with Gasteiger partial charge in [0.05, 0.1) is 6.04 Å². The van der Waals surface area contributed by atoms with Gasteiger partial charge in [-0.1, -0.05) is 66.7 Å². The average molecular weight is 273 g/mol. The predicted octanol–water partition coefficient (Wildman–Crippen LogP) is 5.40. The summed E-state index contributed by atoms with van der Waals surface area (Å²) in [4.78, 5) is 0.